The Morgan fingerprint density at radius 3 is 3.07 bits per heavy atom. The Hall–Kier alpha value is -2.12. The molecule has 1 heterocycles. The first-order chi connectivity index (χ1) is 6.77. The van der Waals surface area contributed by atoms with E-state index in [1.54, 1.807) is 6.07 Å². The molecule has 1 rings (SSSR count). The molecule has 70 valence electrons. The Balaban J connectivity index is 2.79. The summed E-state index contributed by atoms with van der Waals surface area (Å²) in [5.41, 5.74) is 5.29. The predicted molar refractivity (Wildman–Crippen MR) is 51.3 cm³/mol. The maximum Gasteiger partial charge on any atom is 0.225 e. The minimum Gasteiger partial charge on any atom is -0.381 e. The van der Waals surface area contributed by atoms with E-state index < -0.39 is 0 Å². The molecule has 0 spiro atoms. The smallest absolute Gasteiger partial charge is 0.225 e. The highest BCUT2D eigenvalue weighted by Gasteiger charge is 2.09. The van der Waals surface area contributed by atoms with Crippen LogP contribution in [0.3, 0.4) is 0 Å². The van der Waals surface area contributed by atoms with Gasteiger partial charge in [0.2, 0.25) is 11.5 Å². The lowest BCUT2D eigenvalue weighted by Gasteiger charge is -1.91. The van der Waals surface area contributed by atoms with Crippen molar-refractivity contribution in [1.29, 1.82) is 5.26 Å². The van der Waals surface area contributed by atoms with Gasteiger partial charge in [-0.1, -0.05) is 11.1 Å². The van der Waals surface area contributed by atoms with Gasteiger partial charge in [-0.2, -0.15) is 14.6 Å². The van der Waals surface area contributed by atoms with Crippen LogP contribution in [0.15, 0.2) is 5.16 Å². The highest BCUT2D eigenvalue weighted by Crippen LogP contribution is 2.06. The third-order valence-corrected chi connectivity index (χ3v) is 1.61. The summed E-state index contributed by atoms with van der Waals surface area (Å²) in [5, 5.41) is 12.4. The Morgan fingerprint density at radius 2 is 2.57 bits per heavy atom. The highest BCUT2D eigenvalue weighted by molar-refractivity contribution is 7.09. The minimum absolute atomic E-state index is 0.00913. The molecule has 1 aromatic heterocycles. The summed E-state index contributed by atoms with van der Waals surface area (Å²) in [6, 6.07) is 1.77. The number of anilines is 1. The van der Waals surface area contributed by atoms with Crippen molar-refractivity contribution >= 4 is 22.4 Å². The van der Waals surface area contributed by atoms with Crippen LogP contribution < -0.4 is 5.73 Å². The van der Waals surface area contributed by atoms with E-state index in [0.717, 1.165) is 11.5 Å². The minimum atomic E-state index is -0.0480. The summed E-state index contributed by atoms with van der Waals surface area (Å²) in [7, 11) is 0. The van der Waals surface area contributed by atoms with E-state index >= 15 is 0 Å². The second kappa shape index (κ2) is 4.80. The van der Waals surface area contributed by atoms with Crippen molar-refractivity contribution in [1.82, 2.24) is 9.36 Å². The summed E-state index contributed by atoms with van der Waals surface area (Å²) in [6.45, 7) is -0.00913. The number of aromatic nitrogens is 2. The van der Waals surface area contributed by atoms with Gasteiger partial charge in [-0.25, -0.2) is 0 Å². The van der Waals surface area contributed by atoms with Crippen molar-refractivity contribution in [2.75, 3.05) is 12.3 Å². The van der Waals surface area contributed by atoms with Crippen molar-refractivity contribution in [2.45, 2.75) is 0 Å². The zero-order valence-electron chi connectivity index (χ0n) is 6.97. The Kier molecular flexibility index (Phi) is 3.41. The van der Waals surface area contributed by atoms with Gasteiger partial charge in [-0.05, 0) is 0 Å². The summed E-state index contributed by atoms with van der Waals surface area (Å²) in [4.78, 5) is 8.37. The van der Waals surface area contributed by atoms with Crippen LogP contribution >= 0.6 is 11.5 Å². The van der Waals surface area contributed by atoms with Gasteiger partial charge in [0.15, 0.2) is 11.7 Å². The van der Waals surface area contributed by atoms with Crippen LogP contribution in [0.1, 0.15) is 5.82 Å². The van der Waals surface area contributed by atoms with E-state index in [-0.39, 0.29) is 23.3 Å². The number of rotatable bonds is 3. The first-order valence-electron chi connectivity index (χ1n) is 3.41. The van der Waals surface area contributed by atoms with Crippen molar-refractivity contribution in [3.8, 4) is 18.4 Å². The average Bonchev–Trinajstić information content (AvgIpc) is 2.60. The molecule has 0 aliphatic heterocycles. The first kappa shape index (κ1) is 9.96. The molecule has 0 aliphatic carbocycles. The van der Waals surface area contributed by atoms with Gasteiger partial charge in [-0.15, -0.1) is 6.42 Å². The van der Waals surface area contributed by atoms with E-state index in [4.69, 9.17) is 17.4 Å². The van der Waals surface area contributed by atoms with Crippen LogP contribution in [0.25, 0.3) is 0 Å². The molecular formula is C7H5N5OS. The van der Waals surface area contributed by atoms with Crippen molar-refractivity contribution in [3.63, 3.8) is 0 Å². The monoisotopic (exact) mass is 207 g/mol. The van der Waals surface area contributed by atoms with E-state index in [9.17, 15) is 0 Å². The Bertz CT molecular complexity index is 424. The number of oxime groups is 1. The lowest BCUT2D eigenvalue weighted by molar-refractivity contribution is 0.180. The van der Waals surface area contributed by atoms with Crippen LogP contribution in [0.4, 0.5) is 5.13 Å². The predicted octanol–water partition coefficient (Wildman–Crippen LogP) is -0.00222. The normalized spacial score (nSPS) is 10.3. The third-order valence-electron chi connectivity index (χ3n) is 1.06. The number of nitrogens with two attached hydrogens (primary N) is 1. The van der Waals surface area contributed by atoms with Gasteiger partial charge in [0.05, 0.1) is 0 Å². The first-order valence-corrected chi connectivity index (χ1v) is 4.18. The van der Waals surface area contributed by atoms with E-state index in [0.29, 0.717) is 0 Å². The summed E-state index contributed by atoms with van der Waals surface area (Å²) in [6.07, 6.45) is 4.92. The fraction of sp³-hybridized carbons (Fsp3) is 0.143. The molecule has 1 aromatic rings. The standard InChI is InChI=1S/C7H5N5OS/c1-2-3-13-11-5(4-8)6-10-7(9)14-12-6/h1H,3H2,(H2,9,10,12). The Morgan fingerprint density at radius 1 is 1.79 bits per heavy atom. The van der Waals surface area contributed by atoms with Gasteiger partial charge >= 0.3 is 0 Å². The van der Waals surface area contributed by atoms with Gasteiger partial charge in [0, 0.05) is 11.5 Å². The Labute approximate surface area is 84.2 Å². The molecule has 0 aliphatic rings. The third kappa shape index (κ3) is 2.44. The van der Waals surface area contributed by atoms with Crippen LogP contribution in [-0.4, -0.2) is 21.7 Å². The molecule has 2 N–H and O–H groups in total. The number of nitriles is 1. The van der Waals surface area contributed by atoms with Crippen LogP contribution in [0.5, 0.6) is 0 Å². The van der Waals surface area contributed by atoms with E-state index in [2.05, 4.69) is 25.3 Å². The number of nitrogen functional groups attached to an aromatic ring is 1. The zero-order chi connectivity index (χ0) is 10.4. The molecule has 0 bridgehead atoms. The number of hydrogen-bond donors (Lipinski definition) is 1. The maximum atomic E-state index is 8.66. The fourth-order valence-electron chi connectivity index (χ4n) is 0.577. The van der Waals surface area contributed by atoms with E-state index in [1.807, 2.05) is 0 Å². The van der Waals surface area contributed by atoms with E-state index in [1.165, 1.54) is 0 Å². The largest absolute Gasteiger partial charge is 0.381 e. The van der Waals surface area contributed by atoms with Gasteiger partial charge < -0.3 is 10.6 Å². The highest BCUT2D eigenvalue weighted by atomic mass is 32.1. The molecule has 14 heavy (non-hydrogen) atoms. The molecule has 0 radical (unpaired) electrons. The van der Waals surface area contributed by atoms with Gasteiger partial charge in [-0.3, -0.25) is 0 Å². The molecular weight excluding hydrogens is 202 g/mol. The zero-order valence-corrected chi connectivity index (χ0v) is 7.78. The average molecular weight is 207 g/mol. The second-order valence-electron chi connectivity index (χ2n) is 1.99. The van der Waals surface area contributed by atoms with Crippen molar-refractivity contribution in [2.24, 2.45) is 5.16 Å². The maximum absolute atomic E-state index is 8.66. The van der Waals surface area contributed by atoms with Gasteiger partial charge in [0.25, 0.3) is 0 Å². The molecule has 0 atom stereocenters. The molecule has 6 nitrogen and oxygen atoms in total. The summed E-state index contributed by atoms with van der Waals surface area (Å²) in [5.74, 6) is 2.35. The molecule has 0 amide bonds. The molecule has 0 saturated heterocycles. The quantitative estimate of drug-likeness (QED) is 0.325. The number of nitrogens with zero attached hydrogens (tertiary/aromatic N) is 4. The molecule has 0 saturated carbocycles. The van der Waals surface area contributed by atoms with Crippen LogP contribution in [-0.2, 0) is 4.84 Å². The van der Waals surface area contributed by atoms with Crippen molar-refractivity contribution < 1.29 is 4.84 Å². The van der Waals surface area contributed by atoms with Gasteiger partial charge in [0.1, 0.15) is 6.07 Å². The number of hydrogen-bond acceptors (Lipinski definition) is 7. The molecule has 0 fully saturated rings. The number of terminal acetylenes is 1. The lowest BCUT2D eigenvalue weighted by Crippen LogP contribution is -2.01. The van der Waals surface area contributed by atoms with Crippen LogP contribution in [0, 0.1) is 23.7 Å². The lowest BCUT2D eigenvalue weighted by atomic mass is 10.4. The van der Waals surface area contributed by atoms with Crippen molar-refractivity contribution in [3.05, 3.63) is 5.82 Å². The SMILES string of the molecule is C#CCON=C(C#N)c1nsc(N)n1. The fourth-order valence-corrected chi connectivity index (χ4v) is 1.01. The molecule has 0 unspecified atom stereocenters. The summed E-state index contributed by atoms with van der Waals surface area (Å²) >= 11 is 0.976. The second-order valence-corrected chi connectivity index (χ2v) is 2.77. The topological polar surface area (TPSA) is 97.2 Å². The van der Waals surface area contributed by atoms with Crippen LogP contribution in [0.2, 0.25) is 0 Å². The molecule has 7 heteroatoms. The molecule has 0 aromatic carbocycles. The summed E-state index contributed by atoms with van der Waals surface area (Å²) < 4.78 is 3.79.